The Morgan fingerprint density at radius 3 is 0.833 bits per heavy atom. The van der Waals surface area contributed by atoms with Crippen LogP contribution in [0.15, 0.2) is 0 Å². The molecule has 1 atom stereocenters. The van der Waals surface area contributed by atoms with Crippen LogP contribution in [0.3, 0.4) is 0 Å². The molecule has 146 valence electrons. The van der Waals surface area contributed by atoms with E-state index in [1.54, 1.807) is 0 Å². The molecular weight excluding hydrogens is 336 g/mol. The summed E-state index contributed by atoms with van der Waals surface area (Å²) in [7, 11) is 0. The zero-order valence-corrected chi connectivity index (χ0v) is 13.8. The van der Waals surface area contributed by atoms with Gasteiger partial charge in [-0.15, -0.1) is 0 Å². The fraction of sp³-hybridized carbons (Fsp3) is 0.667. The third-order valence-electron chi connectivity index (χ3n) is 0.779. The molecule has 0 saturated carbocycles. The van der Waals surface area contributed by atoms with Gasteiger partial charge in [0.15, 0.2) is 0 Å². The zero-order valence-electron chi connectivity index (χ0n) is 13.8. The lowest BCUT2D eigenvalue weighted by Crippen LogP contribution is -2.15. The molecule has 24 heavy (non-hydrogen) atoms. The molecule has 0 aliphatic rings. The van der Waals surface area contributed by atoms with Crippen molar-refractivity contribution in [2.75, 3.05) is 13.2 Å². The molecule has 8 N–H and O–H groups in total. The number of aliphatic hydroxyl groups is 4. The second-order valence-corrected chi connectivity index (χ2v) is 3.59. The van der Waals surface area contributed by atoms with E-state index in [1.807, 2.05) is 0 Å². The summed E-state index contributed by atoms with van der Waals surface area (Å²) in [6, 6.07) is 0. The zero-order chi connectivity index (χ0) is 20.9. The van der Waals surface area contributed by atoms with Crippen molar-refractivity contribution in [2.24, 2.45) is 0 Å². The van der Waals surface area contributed by atoms with Crippen LogP contribution in [0, 0.1) is 0 Å². The molecular formula is C12H26O12. The monoisotopic (exact) mass is 362 g/mol. The Kier molecular flexibility index (Phi) is 35.7. The molecule has 0 saturated heterocycles. The minimum Gasteiger partial charge on any atom is -0.481 e. The Morgan fingerprint density at radius 1 is 0.708 bits per heavy atom. The van der Waals surface area contributed by atoms with E-state index in [2.05, 4.69) is 0 Å². The van der Waals surface area contributed by atoms with Crippen LogP contribution in [0.1, 0.15) is 27.7 Å². The highest BCUT2D eigenvalue weighted by Gasteiger charge is 2.01. The van der Waals surface area contributed by atoms with E-state index in [9.17, 15) is 4.79 Å². The van der Waals surface area contributed by atoms with Crippen molar-refractivity contribution in [3.8, 4) is 0 Å². The molecule has 0 heterocycles. The lowest BCUT2D eigenvalue weighted by atomic mass is 10.4. The number of hydrogen-bond acceptors (Lipinski definition) is 8. The summed E-state index contributed by atoms with van der Waals surface area (Å²) in [4.78, 5) is 36.4. The highest BCUT2D eigenvalue weighted by Crippen LogP contribution is 1.73. The average Bonchev–Trinajstić information content (AvgIpc) is 2.36. The molecule has 0 fully saturated rings. The van der Waals surface area contributed by atoms with Crippen LogP contribution in [-0.2, 0) is 19.2 Å². The van der Waals surface area contributed by atoms with Gasteiger partial charge in [-0.3, -0.25) is 14.4 Å². The average molecular weight is 362 g/mol. The highest BCUT2D eigenvalue weighted by molar-refractivity contribution is 5.71. The SMILES string of the molecule is CC(=O)O.CC(=O)O.CC(=O)O.CC(O)C(=O)O.OCC(O)CO. The van der Waals surface area contributed by atoms with Crippen molar-refractivity contribution in [3.05, 3.63) is 0 Å². The number of hydrogen-bond donors (Lipinski definition) is 8. The van der Waals surface area contributed by atoms with Gasteiger partial charge in [0.2, 0.25) is 0 Å². The minimum atomic E-state index is -1.23. The van der Waals surface area contributed by atoms with Gasteiger partial charge in [-0.1, -0.05) is 0 Å². The highest BCUT2D eigenvalue weighted by atomic mass is 16.4. The van der Waals surface area contributed by atoms with Gasteiger partial charge >= 0.3 is 5.97 Å². The minimum absolute atomic E-state index is 0.365. The Bertz CT molecular complexity index is 281. The van der Waals surface area contributed by atoms with Gasteiger partial charge in [-0.05, 0) is 6.92 Å². The van der Waals surface area contributed by atoms with E-state index in [0.29, 0.717) is 0 Å². The van der Waals surface area contributed by atoms with E-state index in [4.69, 9.17) is 55.2 Å². The van der Waals surface area contributed by atoms with Crippen molar-refractivity contribution in [1.82, 2.24) is 0 Å². The number of aliphatic carboxylic acids is 4. The van der Waals surface area contributed by atoms with Crippen molar-refractivity contribution >= 4 is 23.9 Å². The standard InChI is InChI=1S/C3H8O3.C3H6O3.3C2H4O2/c4-1-3(6)2-5;1-2(4)3(5)6;3*1-2(3)4/h3-6H,1-2H2;2,4H,1H3,(H,5,6);3*1H3,(H,3,4). The van der Waals surface area contributed by atoms with Gasteiger partial charge in [0, 0.05) is 20.8 Å². The van der Waals surface area contributed by atoms with Crippen LogP contribution >= 0.6 is 0 Å². The third-order valence-corrected chi connectivity index (χ3v) is 0.779. The Balaban J connectivity index is -0.0000000637. The van der Waals surface area contributed by atoms with E-state index in [0.717, 1.165) is 20.8 Å². The maximum atomic E-state index is 9.45. The Morgan fingerprint density at radius 2 is 0.833 bits per heavy atom. The summed E-state index contributed by atoms with van der Waals surface area (Å²) >= 11 is 0. The molecule has 0 bridgehead atoms. The van der Waals surface area contributed by atoms with Gasteiger partial charge in [0.1, 0.15) is 12.2 Å². The maximum absolute atomic E-state index is 9.45. The summed E-state index contributed by atoms with van der Waals surface area (Å²) in [5.74, 6) is -3.69. The fourth-order valence-electron chi connectivity index (χ4n) is 0.0577. The molecule has 12 heteroatoms. The quantitative estimate of drug-likeness (QED) is 0.274. The van der Waals surface area contributed by atoms with E-state index in [-0.39, 0.29) is 13.2 Å². The lowest BCUT2D eigenvalue weighted by molar-refractivity contribution is -0.145. The Labute approximate surface area is 138 Å². The summed E-state index contributed by atoms with van der Waals surface area (Å²) < 4.78 is 0. The molecule has 0 spiro atoms. The molecule has 0 aromatic rings. The molecule has 1 unspecified atom stereocenters. The predicted molar refractivity (Wildman–Crippen MR) is 79.4 cm³/mol. The topological polar surface area (TPSA) is 230 Å². The first-order valence-corrected chi connectivity index (χ1v) is 6.04. The van der Waals surface area contributed by atoms with Crippen LogP contribution in [0.5, 0.6) is 0 Å². The molecule has 0 aromatic carbocycles. The molecule has 0 aliphatic heterocycles. The van der Waals surface area contributed by atoms with E-state index < -0.39 is 36.1 Å². The van der Waals surface area contributed by atoms with Gasteiger partial charge in [0.25, 0.3) is 17.9 Å². The normalized spacial score (nSPS) is 9.04. The van der Waals surface area contributed by atoms with Gasteiger partial charge in [-0.2, -0.15) is 0 Å². The van der Waals surface area contributed by atoms with Crippen LogP contribution in [0.4, 0.5) is 0 Å². The van der Waals surface area contributed by atoms with E-state index in [1.165, 1.54) is 6.92 Å². The maximum Gasteiger partial charge on any atom is 0.332 e. The first kappa shape index (κ1) is 33.4. The van der Waals surface area contributed by atoms with Gasteiger partial charge < -0.3 is 40.9 Å². The number of aliphatic hydroxyl groups excluding tert-OH is 4. The number of carboxylic acids is 4. The predicted octanol–water partition coefficient (Wildman–Crippen LogP) is -1.94. The van der Waals surface area contributed by atoms with Crippen molar-refractivity contribution in [1.29, 1.82) is 0 Å². The van der Waals surface area contributed by atoms with Crippen molar-refractivity contribution in [2.45, 2.75) is 39.9 Å². The largest absolute Gasteiger partial charge is 0.481 e. The summed E-state index contributed by atoms with van der Waals surface area (Å²) in [5, 5.41) is 62.0. The van der Waals surface area contributed by atoms with Crippen molar-refractivity contribution in [3.63, 3.8) is 0 Å². The Hall–Kier alpha value is -2.28. The second kappa shape index (κ2) is 25.7. The van der Waals surface area contributed by atoms with E-state index >= 15 is 0 Å². The number of carboxylic acid groups (broad SMARTS) is 4. The molecule has 0 radical (unpaired) electrons. The second-order valence-electron chi connectivity index (χ2n) is 3.59. The summed E-state index contributed by atoms with van der Waals surface area (Å²) in [6.07, 6.45) is -2.19. The van der Waals surface area contributed by atoms with Gasteiger partial charge in [0.05, 0.1) is 13.2 Å². The molecule has 0 rings (SSSR count). The fourth-order valence-corrected chi connectivity index (χ4v) is 0.0577. The molecule has 12 nitrogen and oxygen atoms in total. The molecule has 0 amide bonds. The first-order valence-electron chi connectivity index (χ1n) is 6.04. The van der Waals surface area contributed by atoms with Gasteiger partial charge in [-0.25, -0.2) is 4.79 Å². The third kappa shape index (κ3) is 211. The number of rotatable bonds is 3. The first-order chi connectivity index (χ1) is 10.6. The molecule has 0 aromatic heterocycles. The summed E-state index contributed by atoms with van der Waals surface area (Å²) in [6.45, 7) is 3.72. The van der Waals surface area contributed by atoms with Crippen LogP contribution in [-0.4, -0.2) is 90.2 Å². The summed E-state index contributed by atoms with van der Waals surface area (Å²) in [5.41, 5.74) is 0. The smallest absolute Gasteiger partial charge is 0.332 e. The lowest BCUT2D eigenvalue weighted by Gasteiger charge is -1.96. The van der Waals surface area contributed by atoms with Crippen molar-refractivity contribution < 1.29 is 60.0 Å². The number of carbonyl (C=O) groups is 4. The molecule has 0 aliphatic carbocycles. The van der Waals surface area contributed by atoms with Crippen LogP contribution in [0.25, 0.3) is 0 Å². The van der Waals surface area contributed by atoms with Crippen LogP contribution in [0.2, 0.25) is 0 Å². The van der Waals surface area contributed by atoms with Crippen LogP contribution < -0.4 is 0 Å².